The number of benzene rings is 1. The summed E-state index contributed by atoms with van der Waals surface area (Å²) in [5, 5.41) is 12.1. The van der Waals surface area contributed by atoms with Crippen LogP contribution in [0.15, 0.2) is 30.3 Å². The second kappa shape index (κ2) is 8.57. The van der Waals surface area contributed by atoms with Gasteiger partial charge >= 0.3 is 6.03 Å². The Morgan fingerprint density at radius 2 is 2.09 bits per heavy atom. The van der Waals surface area contributed by atoms with Crippen molar-refractivity contribution in [2.45, 2.75) is 45.6 Å². The molecule has 0 aromatic heterocycles. The predicted molar refractivity (Wildman–Crippen MR) is 91.8 cm³/mol. The summed E-state index contributed by atoms with van der Waals surface area (Å²) >= 11 is 0. The lowest BCUT2D eigenvalue weighted by Gasteiger charge is -2.38. The van der Waals surface area contributed by atoms with Crippen LogP contribution in [-0.4, -0.2) is 30.1 Å². The highest BCUT2D eigenvalue weighted by atomic mass is 16.2. The van der Waals surface area contributed by atoms with Crippen molar-refractivity contribution >= 4 is 6.03 Å². The van der Waals surface area contributed by atoms with Crippen LogP contribution in [0.2, 0.25) is 0 Å². The maximum atomic E-state index is 12.2. The third-order valence-electron chi connectivity index (χ3n) is 4.59. The number of likely N-dealkylation sites (tertiary alicyclic amines) is 1. The Bertz CT molecular complexity index is 535. The Balaban J connectivity index is 1.91. The largest absolute Gasteiger partial charge is 0.336 e. The fraction of sp³-hybridized carbons (Fsp3) is 0.579. The van der Waals surface area contributed by atoms with Gasteiger partial charge in [-0.05, 0) is 50.5 Å². The molecular formula is C19H27N3O. The summed E-state index contributed by atoms with van der Waals surface area (Å²) in [6, 6.07) is 12.9. The van der Waals surface area contributed by atoms with Crippen LogP contribution in [0.5, 0.6) is 0 Å². The van der Waals surface area contributed by atoms with Gasteiger partial charge in [0.2, 0.25) is 0 Å². The maximum Gasteiger partial charge on any atom is 0.317 e. The summed E-state index contributed by atoms with van der Waals surface area (Å²) in [6.07, 6.45) is 3.66. The summed E-state index contributed by atoms with van der Waals surface area (Å²) < 4.78 is 0. The van der Waals surface area contributed by atoms with Crippen LogP contribution in [0, 0.1) is 23.2 Å². The molecule has 23 heavy (non-hydrogen) atoms. The number of piperidine rings is 1. The molecule has 4 nitrogen and oxygen atoms in total. The van der Waals surface area contributed by atoms with Crippen molar-refractivity contribution in [1.82, 2.24) is 10.2 Å². The zero-order chi connectivity index (χ0) is 16.7. The molecule has 2 rings (SSSR count). The van der Waals surface area contributed by atoms with Crippen LogP contribution in [0.4, 0.5) is 4.79 Å². The first kappa shape index (κ1) is 17.3. The molecule has 1 fully saturated rings. The third-order valence-corrected chi connectivity index (χ3v) is 4.59. The van der Waals surface area contributed by atoms with Crippen LogP contribution in [-0.2, 0) is 6.42 Å². The van der Waals surface area contributed by atoms with Gasteiger partial charge in [0.05, 0.1) is 6.07 Å². The van der Waals surface area contributed by atoms with Crippen LogP contribution >= 0.6 is 0 Å². The van der Waals surface area contributed by atoms with Gasteiger partial charge in [0.15, 0.2) is 0 Å². The highest BCUT2D eigenvalue weighted by molar-refractivity contribution is 5.74. The molecule has 0 radical (unpaired) electrons. The van der Waals surface area contributed by atoms with E-state index in [0.29, 0.717) is 18.9 Å². The van der Waals surface area contributed by atoms with Crippen molar-refractivity contribution in [3.63, 3.8) is 0 Å². The number of nitrogens with one attached hydrogen (secondary N) is 1. The number of amides is 2. The molecule has 4 heteroatoms. The van der Waals surface area contributed by atoms with E-state index >= 15 is 0 Å². The van der Waals surface area contributed by atoms with Crippen LogP contribution < -0.4 is 5.32 Å². The van der Waals surface area contributed by atoms with Gasteiger partial charge < -0.3 is 10.2 Å². The van der Waals surface area contributed by atoms with E-state index in [9.17, 15) is 4.79 Å². The summed E-state index contributed by atoms with van der Waals surface area (Å²) in [7, 11) is 0. The number of rotatable bonds is 5. The van der Waals surface area contributed by atoms with Crippen molar-refractivity contribution in [2.75, 3.05) is 13.1 Å². The summed E-state index contributed by atoms with van der Waals surface area (Å²) in [6.45, 7) is 5.43. The van der Waals surface area contributed by atoms with Crippen molar-refractivity contribution < 1.29 is 4.79 Å². The highest BCUT2D eigenvalue weighted by Gasteiger charge is 2.31. The molecule has 1 aromatic rings. The molecular weight excluding hydrogens is 286 g/mol. The van der Waals surface area contributed by atoms with Gasteiger partial charge in [-0.1, -0.05) is 30.3 Å². The number of hydrogen-bond donors (Lipinski definition) is 1. The van der Waals surface area contributed by atoms with E-state index in [4.69, 9.17) is 5.26 Å². The number of carbonyl (C=O) groups is 1. The van der Waals surface area contributed by atoms with Crippen molar-refractivity contribution in [1.29, 1.82) is 5.26 Å². The molecule has 1 aromatic carbocycles. The molecule has 2 amide bonds. The molecule has 2 unspecified atom stereocenters. The number of aryl methyl sites for hydroxylation is 1. The summed E-state index contributed by atoms with van der Waals surface area (Å²) in [4.78, 5) is 14.1. The van der Waals surface area contributed by atoms with E-state index in [0.717, 1.165) is 25.8 Å². The normalized spacial score (nSPS) is 21.0. The quantitative estimate of drug-likeness (QED) is 0.903. The van der Waals surface area contributed by atoms with E-state index in [1.165, 1.54) is 5.56 Å². The molecule has 1 saturated heterocycles. The predicted octanol–water partition coefficient (Wildman–Crippen LogP) is 3.59. The first-order chi connectivity index (χ1) is 11.1. The van der Waals surface area contributed by atoms with E-state index in [1.807, 2.05) is 24.8 Å². The van der Waals surface area contributed by atoms with Gasteiger partial charge in [0.25, 0.3) is 0 Å². The van der Waals surface area contributed by atoms with Crippen molar-refractivity contribution in [3.05, 3.63) is 35.9 Å². The first-order valence-corrected chi connectivity index (χ1v) is 8.56. The lowest BCUT2D eigenvalue weighted by atomic mass is 9.80. The SMILES string of the molecule is CC(C)NC(=O)N1CCC(CCc2ccccc2)C(CC#N)C1. The van der Waals surface area contributed by atoms with Crippen molar-refractivity contribution in [3.8, 4) is 6.07 Å². The van der Waals surface area contributed by atoms with Gasteiger partial charge in [-0.2, -0.15) is 5.26 Å². The number of hydrogen-bond acceptors (Lipinski definition) is 2. The fourth-order valence-electron chi connectivity index (χ4n) is 3.33. The van der Waals surface area contributed by atoms with Crippen LogP contribution in [0.25, 0.3) is 0 Å². The lowest BCUT2D eigenvalue weighted by Crippen LogP contribution is -2.49. The molecule has 0 saturated carbocycles. The molecule has 1 heterocycles. The minimum Gasteiger partial charge on any atom is -0.336 e. The Morgan fingerprint density at radius 3 is 2.74 bits per heavy atom. The molecule has 0 spiro atoms. The first-order valence-electron chi connectivity index (χ1n) is 8.56. The number of urea groups is 1. The fourth-order valence-corrected chi connectivity index (χ4v) is 3.33. The summed E-state index contributed by atoms with van der Waals surface area (Å²) in [5.41, 5.74) is 1.35. The third kappa shape index (κ3) is 5.28. The smallest absolute Gasteiger partial charge is 0.317 e. The van der Waals surface area contributed by atoms with Gasteiger partial charge in [0.1, 0.15) is 0 Å². The van der Waals surface area contributed by atoms with Gasteiger partial charge in [-0.3, -0.25) is 0 Å². The molecule has 1 aliphatic heterocycles. The van der Waals surface area contributed by atoms with E-state index in [1.54, 1.807) is 0 Å². The minimum absolute atomic E-state index is 0.00412. The molecule has 124 valence electrons. The number of nitriles is 1. The average molecular weight is 313 g/mol. The van der Waals surface area contributed by atoms with E-state index in [2.05, 4.69) is 35.7 Å². The van der Waals surface area contributed by atoms with Crippen LogP contribution in [0.3, 0.4) is 0 Å². The Hall–Kier alpha value is -2.02. The average Bonchev–Trinajstić information content (AvgIpc) is 2.54. The second-order valence-corrected chi connectivity index (χ2v) is 6.75. The molecule has 0 aliphatic carbocycles. The van der Waals surface area contributed by atoms with Crippen LogP contribution in [0.1, 0.15) is 38.7 Å². The maximum absolute atomic E-state index is 12.2. The molecule has 2 atom stereocenters. The van der Waals surface area contributed by atoms with E-state index in [-0.39, 0.29) is 18.0 Å². The van der Waals surface area contributed by atoms with Gasteiger partial charge in [0, 0.05) is 25.6 Å². The van der Waals surface area contributed by atoms with Gasteiger partial charge in [-0.15, -0.1) is 0 Å². The standard InChI is InChI=1S/C19H27N3O/c1-15(2)21-19(23)22-13-11-17(18(14-22)10-12-20)9-8-16-6-4-3-5-7-16/h3-7,15,17-18H,8-11,13-14H2,1-2H3,(H,21,23). The molecule has 0 bridgehead atoms. The highest BCUT2D eigenvalue weighted by Crippen LogP contribution is 2.30. The molecule has 1 aliphatic rings. The number of nitrogens with zero attached hydrogens (tertiary/aromatic N) is 2. The lowest BCUT2D eigenvalue weighted by molar-refractivity contribution is 0.126. The van der Waals surface area contributed by atoms with Crippen molar-refractivity contribution in [2.24, 2.45) is 11.8 Å². The summed E-state index contributed by atoms with van der Waals surface area (Å²) in [5.74, 6) is 0.813. The number of carbonyl (C=O) groups excluding carboxylic acids is 1. The topological polar surface area (TPSA) is 56.1 Å². The van der Waals surface area contributed by atoms with E-state index < -0.39 is 0 Å². The Morgan fingerprint density at radius 1 is 1.35 bits per heavy atom. The molecule has 1 N–H and O–H groups in total. The zero-order valence-electron chi connectivity index (χ0n) is 14.2. The Kier molecular flexibility index (Phi) is 6.46. The minimum atomic E-state index is 0.00412. The zero-order valence-corrected chi connectivity index (χ0v) is 14.2. The van der Waals surface area contributed by atoms with Gasteiger partial charge in [-0.25, -0.2) is 4.79 Å². The monoisotopic (exact) mass is 313 g/mol. The Labute approximate surface area is 139 Å². The second-order valence-electron chi connectivity index (χ2n) is 6.75.